The van der Waals surface area contributed by atoms with Gasteiger partial charge in [0.2, 0.25) is 0 Å². The van der Waals surface area contributed by atoms with Crippen molar-refractivity contribution in [1.82, 2.24) is 14.9 Å². The Morgan fingerprint density at radius 1 is 1.30 bits per heavy atom. The lowest BCUT2D eigenvalue weighted by atomic mass is 10.3. The van der Waals surface area contributed by atoms with Crippen molar-refractivity contribution in [2.24, 2.45) is 0 Å². The average Bonchev–Trinajstić information content (AvgIpc) is 3.16. The van der Waals surface area contributed by atoms with Crippen molar-refractivity contribution in [2.45, 2.75) is 19.9 Å². The largest absolute Gasteiger partial charge is 0.351 e. The summed E-state index contributed by atoms with van der Waals surface area (Å²) in [5, 5.41) is 4.86. The van der Waals surface area contributed by atoms with E-state index in [1.165, 1.54) is 11.3 Å². The summed E-state index contributed by atoms with van der Waals surface area (Å²) in [7, 11) is 0. The monoisotopic (exact) mass is 325 g/mol. The number of hydrogen-bond acceptors (Lipinski definition) is 3. The molecule has 0 aliphatic heterocycles. The smallest absolute Gasteiger partial charge is 0.261 e. The third kappa shape index (κ3) is 3.51. The topological polar surface area (TPSA) is 46.9 Å². The van der Waals surface area contributed by atoms with E-state index in [2.05, 4.69) is 22.5 Å². The molecule has 4 nitrogen and oxygen atoms in total. The molecule has 1 amide bonds. The van der Waals surface area contributed by atoms with Gasteiger partial charge in [-0.2, -0.15) is 0 Å². The lowest BCUT2D eigenvalue weighted by Crippen LogP contribution is -2.25. The van der Waals surface area contributed by atoms with Crippen molar-refractivity contribution in [3.63, 3.8) is 0 Å². The molecule has 3 aromatic rings. The van der Waals surface area contributed by atoms with Crippen LogP contribution in [-0.4, -0.2) is 22.0 Å². The van der Waals surface area contributed by atoms with Gasteiger partial charge in [-0.1, -0.05) is 30.4 Å². The molecular weight excluding hydrogens is 306 g/mol. The summed E-state index contributed by atoms with van der Waals surface area (Å²) in [4.78, 5) is 17.4. The molecule has 0 radical (unpaired) electrons. The molecule has 0 fully saturated rings. The zero-order valence-corrected chi connectivity index (χ0v) is 13.9. The second-order valence-electron chi connectivity index (χ2n) is 5.54. The normalized spacial score (nSPS) is 10.8. The summed E-state index contributed by atoms with van der Waals surface area (Å²) in [5.74, 6) is 0.947. The van der Waals surface area contributed by atoms with Crippen LogP contribution < -0.4 is 5.32 Å². The van der Waals surface area contributed by atoms with Gasteiger partial charge in [0.1, 0.15) is 5.82 Å². The number of aromatic nitrogens is 2. The Balaban J connectivity index is 1.74. The number of nitrogens with zero attached hydrogens (tertiary/aromatic N) is 2. The zero-order valence-electron chi connectivity index (χ0n) is 13.1. The number of nitrogens with one attached hydrogen (secondary N) is 1. The van der Waals surface area contributed by atoms with Crippen molar-refractivity contribution >= 4 is 28.3 Å². The van der Waals surface area contributed by atoms with Crippen LogP contribution in [0.5, 0.6) is 0 Å². The summed E-state index contributed by atoms with van der Waals surface area (Å²) < 4.78 is 2.18. The number of fused-ring (bicyclic) bond motifs is 1. The van der Waals surface area contributed by atoms with Crippen LogP contribution in [0.2, 0.25) is 0 Å². The molecule has 0 unspecified atom stereocenters. The van der Waals surface area contributed by atoms with Gasteiger partial charge in [0.25, 0.3) is 5.91 Å². The van der Waals surface area contributed by atoms with Gasteiger partial charge in [0.05, 0.1) is 15.9 Å². The van der Waals surface area contributed by atoms with Crippen LogP contribution in [0.3, 0.4) is 0 Å². The Morgan fingerprint density at radius 2 is 2.13 bits per heavy atom. The molecule has 2 heterocycles. The number of imidazole rings is 1. The number of carbonyl (C=O) groups excluding carboxylic acids is 1. The van der Waals surface area contributed by atoms with Gasteiger partial charge in [-0.05, 0) is 30.5 Å². The Morgan fingerprint density at radius 3 is 2.87 bits per heavy atom. The molecule has 118 valence electrons. The Labute approximate surface area is 139 Å². The average molecular weight is 325 g/mol. The van der Waals surface area contributed by atoms with Crippen molar-refractivity contribution < 1.29 is 4.79 Å². The summed E-state index contributed by atoms with van der Waals surface area (Å²) in [5.41, 5.74) is 3.17. The molecule has 0 spiro atoms. The molecule has 1 aromatic carbocycles. The molecule has 2 aromatic heterocycles. The second-order valence-corrected chi connectivity index (χ2v) is 6.49. The lowest BCUT2D eigenvalue weighted by molar-refractivity contribution is 0.0958. The lowest BCUT2D eigenvalue weighted by Gasteiger charge is -2.09. The Bertz CT molecular complexity index is 833. The highest BCUT2D eigenvalue weighted by molar-refractivity contribution is 7.12. The molecule has 3 rings (SSSR count). The molecule has 0 bridgehead atoms. The first-order valence-corrected chi connectivity index (χ1v) is 8.43. The Hall–Kier alpha value is -2.40. The standard InChI is InChI=1S/C18H19N3OS/c1-13(2)12-21-15-7-4-3-6-14(15)20-17(21)9-10-19-18(22)16-8-5-11-23-16/h3-8,11H,1,9-10,12H2,2H3,(H,19,22). The molecule has 0 aliphatic carbocycles. The molecule has 0 aliphatic rings. The van der Waals surface area contributed by atoms with E-state index in [-0.39, 0.29) is 5.91 Å². The van der Waals surface area contributed by atoms with Crippen LogP contribution in [0.25, 0.3) is 11.0 Å². The first-order valence-electron chi connectivity index (χ1n) is 7.55. The maximum atomic E-state index is 12.0. The SMILES string of the molecule is C=C(C)Cn1c(CCNC(=O)c2cccs2)nc2ccccc21. The van der Waals surface area contributed by atoms with E-state index in [1.54, 1.807) is 0 Å². The van der Waals surface area contributed by atoms with Crippen LogP contribution in [0.15, 0.2) is 53.9 Å². The van der Waals surface area contributed by atoms with Crippen molar-refractivity contribution in [1.29, 1.82) is 0 Å². The first-order chi connectivity index (χ1) is 11.1. The molecule has 23 heavy (non-hydrogen) atoms. The van der Waals surface area contributed by atoms with Crippen LogP contribution in [0.1, 0.15) is 22.4 Å². The number of para-hydroxylation sites is 2. The van der Waals surface area contributed by atoms with Gasteiger partial charge in [-0.25, -0.2) is 4.98 Å². The minimum Gasteiger partial charge on any atom is -0.351 e. The molecular formula is C18H19N3OS. The summed E-state index contributed by atoms with van der Waals surface area (Å²) in [6.07, 6.45) is 0.694. The highest BCUT2D eigenvalue weighted by Crippen LogP contribution is 2.17. The zero-order chi connectivity index (χ0) is 16.2. The maximum absolute atomic E-state index is 12.0. The van der Waals surface area contributed by atoms with Gasteiger partial charge in [-0.3, -0.25) is 4.79 Å². The highest BCUT2D eigenvalue weighted by atomic mass is 32.1. The third-order valence-electron chi connectivity index (χ3n) is 3.54. The number of rotatable bonds is 6. The minimum atomic E-state index is -0.0254. The molecule has 1 N–H and O–H groups in total. The summed E-state index contributed by atoms with van der Waals surface area (Å²) >= 11 is 1.45. The number of thiophene rings is 1. The van der Waals surface area contributed by atoms with E-state index in [0.717, 1.165) is 33.9 Å². The predicted octanol–water partition coefficient (Wildman–Crippen LogP) is 3.65. The molecule has 0 atom stereocenters. The maximum Gasteiger partial charge on any atom is 0.261 e. The van der Waals surface area contributed by atoms with Crippen molar-refractivity contribution in [3.8, 4) is 0 Å². The van der Waals surface area contributed by atoms with Gasteiger partial charge in [0.15, 0.2) is 0 Å². The number of allylic oxidation sites excluding steroid dienone is 1. The molecule has 5 heteroatoms. The van der Waals surface area contributed by atoms with Gasteiger partial charge in [0, 0.05) is 19.5 Å². The number of amides is 1. The van der Waals surface area contributed by atoms with Crippen LogP contribution in [0, 0.1) is 0 Å². The van der Waals surface area contributed by atoms with E-state index < -0.39 is 0 Å². The van der Waals surface area contributed by atoms with Crippen LogP contribution in [-0.2, 0) is 13.0 Å². The van der Waals surface area contributed by atoms with Crippen LogP contribution >= 0.6 is 11.3 Å². The summed E-state index contributed by atoms with van der Waals surface area (Å²) in [6.45, 7) is 7.32. The van der Waals surface area contributed by atoms with Crippen molar-refractivity contribution in [3.05, 3.63) is 64.6 Å². The third-order valence-corrected chi connectivity index (χ3v) is 4.41. The van der Waals surface area contributed by atoms with E-state index >= 15 is 0 Å². The molecule has 0 saturated carbocycles. The second kappa shape index (κ2) is 6.79. The fourth-order valence-electron chi connectivity index (χ4n) is 2.55. The fourth-order valence-corrected chi connectivity index (χ4v) is 3.19. The van der Waals surface area contributed by atoms with Crippen molar-refractivity contribution in [2.75, 3.05) is 6.54 Å². The highest BCUT2D eigenvalue weighted by Gasteiger charge is 2.11. The Kier molecular flexibility index (Phi) is 4.57. The quantitative estimate of drug-likeness (QED) is 0.703. The number of carbonyl (C=O) groups is 1. The van der Waals surface area contributed by atoms with Gasteiger partial charge >= 0.3 is 0 Å². The van der Waals surface area contributed by atoms with E-state index in [9.17, 15) is 4.79 Å². The van der Waals surface area contributed by atoms with Crippen LogP contribution in [0.4, 0.5) is 0 Å². The number of hydrogen-bond donors (Lipinski definition) is 1. The minimum absolute atomic E-state index is 0.0254. The number of benzene rings is 1. The predicted molar refractivity (Wildman–Crippen MR) is 94.9 cm³/mol. The fraction of sp³-hybridized carbons (Fsp3) is 0.222. The summed E-state index contributed by atoms with van der Waals surface area (Å²) in [6, 6.07) is 11.8. The van der Waals surface area contributed by atoms with E-state index in [4.69, 9.17) is 4.98 Å². The van der Waals surface area contributed by atoms with E-state index in [0.29, 0.717) is 13.0 Å². The van der Waals surface area contributed by atoms with Gasteiger partial charge in [-0.15, -0.1) is 11.3 Å². The first kappa shape index (κ1) is 15.5. The van der Waals surface area contributed by atoms with E-state index in [1.807, 2.05) is 42.6 Å². The molecule has 0 saturated heterocycles. The van der Waals surface area contributed by atoms with Gasteiger partial charge < -0.3 is 9.88 Å².